The molecule has 1 aromatic heterocycles. The Morgan fingerprint density at radius 1 is 1.54 bits per heavy atom. The molecular weight excluding hydrogens is 166 g/mol. The summed E-state index contributed by atoms with van der Waals surface area (Å²) in [5.74, 6) is 1.73. The molecule has 13 heavy (non-hydrogen) atoms. The summed E-state index contributed by atoms with van der Waals surface area (Å²) in [6.45, 7) is 0.757. The van der Waals surface area contributed by atoms with Crippen molar-refractivity contribution in [3.8, 4) is 0 Å². The van der Waals surface area contributed by atoms with Crippen LogP contribution in [-0.2, 0) is 11.2 Å². The molecule has 0 aromatic carbocycles. The molecule has 0 aliphatic carbocycles. The fraction of sp³-hybridized carbons (Fsp3) is 0.556. The Kier molecular flexibility index (Phi) is 4.18. The van der Waals surface area contributed by atoms with Gasteiger partial charge in [0.15, 0.2) is 0 Å². The molecule has 0 atom stereocenters. The van der Waals surface area contributed by atoms with E-state index in [0.29, 0.717) is 0 Å². The lowest BCUT2D eigenvalue weighted by Crippen LogP contribution is -2.01. The minimum atomic E-state index is 0.757. The monoisotopic (exact) mass is 181 g/mol. The smallest absolute Gasteiger partial charge is 0.130 e. The van der Waals surface area contributed by atoms with Crippen LogP contribution >= 0.6 is 0 Å². The van der Waals surface area contributed by atoms with Crippen molar-refractivity contribution in [3.63, 3.8) is 0 Å². The maximum absolute atomic E-state index is 4.95. The third kappa shape index (κ3) is 3.38. The van der Waals surface area contributed by atoms with Gasteiger partial charge in [-0.05, 0) is 12.5 Å². The molecule has 0 aliphatic rings. The van der Waals surface area contributed by atoms with Gasteiger partial charge < -0.3 is 10.1 Å². The summed E-state index contributed by atoms with van der Waals surface area (Å²) in [7, 11) is 3.55. The van der Waals surface area contributed by atoms with Crippen LogP contribution in [0.15, 0.2) is 12.3 Å². The second-order valence-corrected chi connectivity index (χ2v) is 2.70. The molecule has 72 valence electrons. The predicted molar refractivity (Wildman–Crippen MR) is 51.8 cm³/mol. The van der Waals surface area contributed by atoms with E-state index in [4.69, 9.17) is 4.74 Å². The van der Waals surface area contributed by atoms with Gasteiger partial charge in [-0.3, -0.25) is 0 Å². The topological polar surface area (TPSA) is 47.0 Å². The minimum Gasteiger partial charge on any atom is -0.385 e. The highest BCUT2D eigenvalue weighted by molar-refractivity contribution is 5.31. The van der Waals surface area contributed by atoms with Crippen LogP contribution in [0.25, 0.3) is 0 Å². The molecule has 0 fully saturated rings. The second-order valence-electron chi connectivity index (χ2n) is 2.70. The summed E-state index contributed by atoms with van der Waals surface area (Å²) in [5.41, 5.74) is 0. The number of rotatable bonds is 5. The lowest BCUT2D eigenvalue weighted by atomic mass is 10.3. The van der Waals surface area contributed by atoms with E-state index in [-0.39, 0.29) is 0 Å². The highest BCUT2D eigenvalue weighted by Crippen LogP contribution is 2.02. The van der Waals surface area contributed by atoms with E-state index in [1.165, 1.54) is 0 Å². The zero-order valence-corrected chi connectivity index (χ0v) is 8.08. The largest absolute Gasteiger partial charge is 0.385 e. The Balaban J connectivity index is 2.46. The lowest BCUT2D eigenvalue weighted by molar-refractivity contribution is 0.194. The van der Waals surface area contributed by atoms with E-state index < -0.39 is 0 Å². The number of hydrogen-bond donors (Lipinski definition) is 1. The first-order valence-electron chi connectivity index (χ1n) is 4.35. The molecule has 0 amide bonds. The Morgan fingerprint density at radius 3 is 3.08 bits per heavy atom. The van der Waals surface area contributed by atoms with Crippen LogP contribution in [0.3, 0.4) is 0 Å². The van der Waals surface area contributed by atoms with Crippen LogP contribution in [0.1, 0.15) is 12.2 Å². The predicted octanol–water partition coefficient (Wildman–Crippen LogP) is 1.10. The Hall–Kier alpha value is -1.16. The van der Waals surface area contributed by atoms with Gasteiger partial charge in [-0.1, -0.05) is 0 Å². The van der Waals surface area contributed by atoms with Gasteiger partial charge >= 0.3 is 0 Å². The molecule has 1 N–H and O–H groups in total. The summed E-state index contributed by atoms with van der Waals surface area (Å²) in [6, 6.07) is 1.85. The van der Waals surface area contributed by atoms with Gasteiger partial charge in [-0.25, -0.2) is 9.97 Å². The van der Waals surface area contributed by atoms with Gasteiger partial charge in [0.2, 0.25) is 0 Å². The highest BCUT2D eigenvalue weighted by atomic mass is 16.5. The van der Waals surface area contributed by atoms with E-state index in [9.17, 15) is 0 Å². The lowest BCUT2D eigenvalue weighted by Gasteiger charge is -2.02. The van der Waals surface area contributed by atoms with Crippen LogP contribution in [0.2, 0.25) is 0 Å². The molecule has 0 saturated carbocycles. The molecule has 0 aliphatic heterocycles. The molecule has 0 radical (unpaired) electrons. The number of ether oxygens (including phenoxy) is 1. The third-order valence-corrected chi connectivity index (χ3v) is 1.71. The zero-order chi connectivity index (χ0) is 9.52. The van der Waals surface area contributed by atoms with E-state index in [1.807, 2.05) is 13.1 Å². The van der Waals surface area contributed by atoms with Crippen LogP contribution in [0.5, 0.6) is 0 Å². The van der Waals surface area contributed by atoms with Crippen molar-refractivity contribution in [3.05, 3.63) is 18.1 Å². The van der Waals surface area contributed by atoms with Crippen LogP contribution in [-0.4, -0.2) is 30.7 Å². The maximum atomic E-state index is 4.95. The van der Waals surface area contributed by atoms with Crippen molar-refractivity contribution in [2.24, 2.45) is 0 Å². The average Bonchev–Trinajstić information content (AvgIpc) is 2.19. The molecule has 0 saturated heterocycles. The number of nitrogens with zero attached hydrogens (tertiary/aromatic N) is 2. The average molecular weight is 181 g/mol. The fourth-order valence-electron chi connectivity index (χ4n) is 1.03. The zero-order valence-electron chi connectivity index (χ0n) is 8.08. The quantitative estimate of drug-likeness (QED) is 0.691. The summed E-state index contributed by atoms with van der Waals surface area (Å²) < 4.78 is 4.95. The maximum Gasteiger partial charge on any atom is 0.130 e. The molecular formula is C9H15N3O. The van der Waals surface area contributed by atoms with E-state index >= 15 is 0 Å². The van der Waals surface area contributed by atoms with Gasteiger partial charge in [0, 0.05) is 33.4 Å². The summed E-state index contributed by atoms with van der Waals surface area (Å²) in [4.78, 5) is 8.44. The summed E-state index contributed by atoms with van der Waals surface area (Å²) >= 11 is 0. The van der Waals surface area contributed by atoms with Gasteiger partial charge in [0.25, 0.3) is 0 Å². The normalized spacial score (nSPS) is 10.0. The van der Waals surface area contributed by atoms with E-state index in [1.54, 1.807) is 13.3 Å². The standard InChI is InChI=1S/C9H15N3O/c1-10-8-5-6-11-9(12-8)4-3-7-13-2/h5-6H,3-4,7H2,1-2H3,(H,10,11,12). The number of methoxy groups -OCH3 is 1. The molecule has 1 rings (SSSR count). The van der Waals surface area contributed by atoms with Crippen LogP contribution < -0.4 is 5.32 Å². The SMILES string of the molecule is CNc1ccnc(CCCOC)n1. The summed E-state index contributed by atoms with van der Waals surface area (Å²) in [6.07, 6.45) is 3.59. The van der Waals surface area contributed by atoms with Gasteiger partial charge in [-0.15, -0.1) is 0 Å². The van der Waals surface area contributed by atoms with Gasteiger partial charge in [0.1, 0.15) is 11.6 Å². The molecule has 1 heterocycles. The fourth-order valence-corrected chi connectivity index (χ4v) is 1.03. The van der Waals surface area contributed by atoms with Crippen LogP contribution in [0, 0.1) is 0 Å². The number of hydrogen-bond acceptors (Lipinski definition) is 4. The van der Waals surface area contributed by atoms with Crippen molar-refractivity contribution in [2.75, 3.05) is 26.1 Å². The van der Waals surface area contributed by atoms with Gasteiger partial charge in [0.05, 0.1) is 0 Å². The molecule has 4 heteroatoms. The number of aryl methyl sites for hydroxylation is 1. The number of anilines is 1. The van der Waals surface area contributed by atoms with E-state index in [0.717, 1.165) is 31.1 Å². The highest BCUT2D eigenvalue weighted by Gasteiger charge is 1.97. The Labute approximate surface area is 78.4 Å². The molecule has 0 unspecified atom stereocenters. The number of nitrogens with one attached hydrogen (secondary N) is 1. The number of aromatic nitrogens is 2. The van der Waals surface area contributed by atoms with Crippen molar-refractivity contribution in [1.82, 2.24) is 9.97 Å². The van der Waals surface area contributed by atoms with Crippen LogP contribution in [0.4, 0.5) is 5.82 Å². The van der Waals surface area contributed by atoms with E-state index in [2.05, 4.69) is 15.3 Å². The summed E-state index contributed by atoms with van der Waals surface area (Å²) in [5, 5.41) is 2.98. The van der Waals surface area contributed by atoms with Gasteiger partial charge in [-0.2, -0.15) is 0 Å². The first-order valence-corrected chi connectivity index (χ1v) is 4.35. The minimum absolute atomic E-state index is 0.757. The van der Waals surface area contributed by atoms with Crippen molar-refractivity contribution in [1.29, 1.82) is 0 Å². The third-order valence-electron chi connectivity index (χ3n) is 1.71. The van der Waals surface area contributed by atoms with Crippen molar-refractivity contribution in [2.45, 2.75) is 12.8 Å². The molecule has 0 bridgehead atoms. The van der Waals surface area contributed by atoms with Crippen molar-refractivity contribution >= 4 is 5.82 Å². The molecule has 1 aromatic rings. The Morgan fingerprint density at radius 2 is 2.38 bits per heavy atom. The molecule has 4 nitrogen and oxygen atoms in total. The first kappa shape index (κ1) is 9.92. The Bertz CT molecular complexity index is 252. The van der Waals surface area contributed by atoms with Crippen molar-refractivity contribution < 1.29 is 4.74 Å². The first-order chi connectivity index (χ1) is 6.36. The second kappa shape index (κ2) is 5.48. The molecule has 0 spiro atoms.